The maximum absolute atomic E-state index is 12.8. The molecule has 0 spiro atoms. The van der Waals surface area contributed by atoms with Crippen LogP contribution in [0.5, 0.6) is 5.75 Å². The third-order valence-corrected chi connectivity index (χ3v) is 7.48. The molecular weight excluding hydrogens is 539 g/mol. The van der Waals surface area contributed by atoms with Gasteiger partial charge in [-0.25, -0.2) is 4.98 Å². The highest BCUT2D eigenvalue weighted by molar-refractivity contribution is 7.86. The molecule has 1 heterocycles. The topological polar surface area (TPSA) is 113 Å². The predicted molar refractivity (Wildman–Crippen MR) is 137 cm³/mol. The van der Waals surface area contributed by atoms with Crippen molar-refractivity contribution in [3.8, 4) is 17.2 Å². The lowest BCUT2D eigenvalue weighted by Crippen LogP contribution is -2.43. The smallest absolute Gasteiger partial charge is 0.416 e. The van der Waals surface area contributed by atoms with Gasteiger partial charge in [-0.2, -0.15) is 30.2 Å². The summed E-state index contributed by atoms with van der Waals surface area (Å²) < 4.78 is 77.3. The highest BCUT2D eigenvalue weighted by Crippen LogP contribution is 2.31. The second-order valence-electron chi connectivity index (χ2n) is 8.58. The summed E-state index contributed by atoms with van der Waals surface area (Å²) in [6.07, 6.45) is -2.70. The van der Waals surface area contributed by atoms with Crippen molar-refractivity contribution in [2.24, 2.45) is 0 Å². The molecule has 3 aromatic rings. The lowest BCUT2D eigenvalue weighted by atomic mass is 10.1. The quantitative estimate of drug-likeness (QED) is 0.302. The van der Waals surface area contributed by atoms with E-state index in [0.29, 0.717) is 34.8 Å². The molecule has 39 heavy (non-hydrogen) atoms. The minimum atomic E-state index is -4.44. The van der Waals surface area contributed by atoms with E-state index in [9.17, 15) is 31.5 Å². The zero-order valence-electron chi connectivity index (χ0n) is 21.3. The van der Waals surface area contributed by atoms with E-state index in [4.69, 9.17) is 9.15 Å². The van der Waals surface area contributed by atoms with Gasteiger partial charge in [0.15, 0.2) is 0 Å². The number of aromatic nitrogens is 1. The van der Waals surface area contributed by atoms with Crippen molar-refractivity contribution < 1.29 is 40.6 Å². The van der Waals surface area contributed by atoms with Gasteiger partial charge in [-0.05, 0) is 48.9 Å². The normalized spacial score (nSPS) is 12.2. The van der Waals surface area contributed by atoms with E-state index < -0.39 is 34.5 Å². The second-order valence-corrected chi connectivity index (χ2v) is 10.6. The predicted octanol–water partition coefficient (Wildman–Crippen LogP) is 4.54. The molecule has 2 aromatic carbocycles. The molecule has 0 aliphatic heterocycles. The molecule has 0 saturated heterocycles. The molecule has 0 aliphatic rings. The van der Waals surface area contributed by atoms with E-state index in [2.05, 4.69) is 11.6 Å². The molecule has 1 aromatic heterocycles. The van der Waals surface area contributed by atoms with Crippen LogP contribution in [0.1, 0.15) is 22.6 Å². The second kappa shape index (κ2) is 12.5. The van der Waals surface area contributed by atoms with Crippen molar-refractivity contribution in [2.75, 3.05) is 26.7 Å². The molecule has 9 nitrogen and oxygen atoms in total. The standard InChI is InChI=1S/C26H28F3N3O6S/c1-4-13-31(3)39(35,36)32(17-24(33)34)16-19-6-5-7-22(15-19)37-14-12-23-18(2)38-25(30-23)20-8-10-21(11-9-20)26(27,28)29/h4-11,15H,1,12-14,16-17H2,2-3H3,(H,33,34). The number of oxazole rings is 1. The monoisotopic (exact) mass is 567 g/mol. The van der Waals surface area contributed by atoms with Crippen molar-refractivity contribution in [3.63, 3.8) is 0 Å². The average Bonchev–Trinajstić information content (AvgIpc) is 3.23. The maximum atomic E-state index is 12.8. The van der Waals surface area contributed by atoms with Crippen molar-refractivity contribution in [3.05, 3.63) is 83.8 Å². The molecule has 0 aliphatic carbocycles. The number of hydrogen-bond acceptors (Lipinski definition) is 6. The van der Waals surface area contributed by atoms with Crippen LogP contribution in [0.25, 0.3) is 11.5 Å². The zero-order valence-corrected chi connectivity index (χ0v) is 22.1. The van der Waals surface area contributed by atoms with Crippen molar-refractivity contribution >= 4 is 16.2 Å². The third-order valence-electron chi connectivity index (χ3n) is 5.63. The molecule has 0 saturated carbocycles. The molecule has 0 radical (unpaired) electrons. The first-order chi connectivity index (χ1) is 18.3. The number of carbonyl (C=O) groups is 1. The Bertz CT molecular complexity index is 1410. The number of carboxylic acid groups (broad SMARTS) is 1. The van der Waals surface area contributed by atoms with Crippen LogP contribution < -0.4 is 4.74 Å². The number of benzene rings is 2. The summed E-state index contributed by atoms with van der Waals surface area (Å²) in [6.45, 7) is 4.49. The molecule has 0 atom stereocenters. The highest BCUT2D eigenvalue weighted by Gasteiger charge is 2.30. The highest BCUT2D eigenvalue weighted by atomic mass is 32.2. The summed E-state index contributed by atoms with van der Waals surface area (Å²) >= 11 is 0. The van der Waals surface area contributed by atoms with Gasteiger partial charge < -0.3 is 14.3 Å². The first-order valence-corrected chi connectivity index (χ1v) is 13.1. The number of likely N-dealkylation sites (N-methyl/N-ethyl adjacent to an activating group) is 1. The molecule has 210 valence electrons. The molecular formula is C26H28F3N3O6S. The SMILES string of the molecule is C=CCN(C)S(=O)(=O)N(CC(=O)O)Cc1cccc(OCCc2nc(-c3ccc(C(F)(F)F)cc3)oc2C)c1. The van der Waals surface area contributed by atoms with Crippen molar-refractivity contribution in [1.82, 2.24) is 13.6 Å². The first kappa shape index (κ1) is 29.9. The summed E-state index contributed by atoms with van der Waals surface area (Å²) in [7, 11) is -2.72. The van der Waals surface area contributed by atoms with E-state index >= 15 is 0 Å². The minimum absolute atomic E-state index is 0.0175. The number of hydrogen-bond donors (Lipinski definition) is 1. The summed E-state index contributed by atoms with van der Waals surface area (Å²) in [6, 6.07) is 11.1. The van der Waals surface area contributed by atoms with Crippen molar-refractivity contribution in [1.29, 1.82) is 0 Å². The van der Waals surface area contributed by atoms with Crippen LogP contribution in [0, 0.1) is 6.92 Å². The molecule has 13 heteroatoms. The van der Waals surface area contributed by atoms with Gasteiger partial charge in [0.1, 0.15) is 18.1 Å². The fraction of sp³-hybridized carbons (Fsp3) is 0.308. The molecule has 0 unspecified atom stereocenters. The van der Waals surface area contributed by atoms with Crippen LogP contribution in [0.15, 0.2) is 65.6 Å². The van der Waals surface area contributed by atoms with Gasteiger partial charge in [0.05, 0.1) is 17.9 Å². The summed E-state index contributed by atoms with van der Waals surface area (Å²) in [4.78, 5) is 15.7. The Morgan fingerprint density at radius 2 is 1.90 bits per heavy atom. The Balaban J connectivity index is 1.66. The Labute approximate surface area is 224 Å². The molecule has 0 bridgehead atoms. The number of aryl methyl sites for hydroxylation is 1. The van der Waals surface area contributed by atoms with Crippen LogP contribution in [-0.4, -0.2) is 59.8 Å². The third kappa shape index (κ3) is 7.91. The Morgan fingerprint density at radius 1 is 1.21 bits per heavy atom. The van der Waals surface area contributed by atoms with Gasteiger partial charge in [-0.15, -0.1) is 6.58 Å². The largest absolute Gasteiger partial charge is 0.493 e. The Kier molecular flexibility index (Phi) is 9.54. The zero-order chi connectivity index (χ0) is 28.8. The van der Waals surface area contributed by atoms with Gasteiger partial charge >= 0.3 is 12.1 Å². The number of halogens is 3. The van der Waals surface area contributed by atoms with Gasteiger partial charge in [0, 0.05) is 32.1 Å². The maximum Gasteiger partial charge on any atom is 0.416 e. The number of rotatable bonds is 13. The van der Waals surface area contributed by atoms with E-state index in [-0.39, 0.29) is 25.6 Å². The number of aliphatic carboxylic acids is 1. The van der Waals surface area contributed by atoms with Gasteiger partial charge in [0.2, 0.25) is 5.89 Å². The first-order valence-electron chi connectivity index (χ1n) is 11.7. The lowest BCUT2D eigenvalue weighted by Gasteiger charge is -2.25. The molecule has 3 rings (SSSR count). The summed E-state index contributed by atoms with van der Waals surface area (Å²) in [5, 5.41) is 9.23. The van der Waals surface area contributed by atoms with Crippen molar-refractivity contribution in [2.45, 2.75) is 26.1 Å². The van der Waals surface area contributed by atoms with Gasteiger partial charge in [-0.3, -0.25) is 4.79 Å². The van der Waals surface area contributed by atoms with E-state index in [1.807, 2.05) is 0 Å². The Morgan fingerprint density at radius 3 is 2.51 bits per heavy atom. The van der Waals surface area contributed by atoms with Gasteiger partial charge in [-0.1, -0.05) is 18.2 Å². The summed E-state index contributed by atoms with van der Waals surface area (Å²) in [5.41, 5.74) is 0.736. The molecule has 0 amide bonds. The van der Waals surface area contributed by atoms with E-state index in [0.717, 1.165) is 20.7 Å². The van der Waals surface area contributed by atoms with E-state index in [1.165, 1.54) is 25.3 Å². The van der Waals surface area contributed by atoms with Crippen LogP contribution >= 0.6 is 0 Å². The molecule has 0 fully saturated rings. The summed E-state index contributed by atoms with van der Waals surface area (Å²) in [5.74, 6) is -0.167. The number of ether oxygens (including phenoxy) is 1. The Hall–Kier alpha value is -3.68. The lowest BCUT2D eigenvalue weighted by molar-refractivity contribution is -0.138. The van der Waals surface area contributed by atoms with E-state index in [1.54, 1.807) is 31.2 Å². The fourth-order valence-corrected chi connectivity index (χ4v) is 4.90. The van der Waals surface area contributed by atoms with Crippen LogP contribution in [0.4, 0.5) is 13.2 Å². The van der Waals surface area contributed by atoms with Gasteiger partial charge in [0.25, 0.3) is 10.2 Å². The molecule has 1 N–H and O–H groups in total. The minimum Gasteiger partial charge on any atom is -0.493 e. The number of nitrogens with zero attached hydrogens (tertiary/aromatic N) is 3. The fourth-order valence-electron chi connectivity index (χ4n) is 3.63. The number of alkyl halides is 3. The van der Waals surface area contributed by atoms with Crippen LogP contribution in [0.3, 0.4) is 0 Å². The number of carboxylic acids is 1. The van der Waals surface area contributed by atoms with Crippen LogP contribution in [0.2, 0.25) is 0 Å². The average molecular weight is 568 g/mol. The van der Waals surface area contributed by atoms with Crippen LogP contribution in [-0.2, 0) is 34.1 Å².